The molecule has 1 aromatic rings. The van der Waals surface area contributed by atoms with E-state index in [4.69, 9.17) is 15.7 Å². The molecule has 0 aromatic heterocycles. The lowest BCUT2D eigenvalue weighted by molar-refractivity contribution is -0.253. The molecule has 1 fully saturated rings. The SMILES string of the molecule is C[C@@H]1CCC(N)CO1.OOCc1ccccc1.[HH]. The fourth-order valence-electron chi connectivity index (χ4n) is 1.55. The summed E-state index contributed by atoms with van der Waals surface area (Å²) in [6, 6.07) is 9.78. The highest BCUT2D eigenvalue weighted by Gasteiger charge is 2.13. The third-order valence-electron chi connectivity index (χ3n) is 2.61. The molecule has 1 aromatic carbocycles. The van der Waals surface area contributed by atoms with Crippen molar-refractivity contribution in [3.05, 3.63) is 35.9 Å². The Hall–Kier alpha value is -0.940. The fourth-order valence-corrected chi connectivity index (χ4v) is 1.55. The summed E-state index contributed by atoms with van der Waals surface area (Å²) in [4.78, 5) is 3.93. The number of rotatable bonds is 2. The van der Waals surface area contributed by atoms with Crippen LogP contribution in [0.1, 0.15) is 26.8 Å². The highest BCUT2D eigenvalue weighted by Crippen LogP contribution is 2.10. The minimum atomic E-state index is 0. The summed E-state index contributed by atoms with van der Waals surface area (Å²) < 4.78 is 5.27. The molecule has 2 rings (SSSR count). The van der Waals surface area contributed by atoms with Gasteiger partial charge in [0, 0.05) is 7.47 Å². The Balaban J connectivity index is 0.000000306. The van der Waals surface area contributed by atoms with Crippen molar-refractivity contribution in [2.75, 3.05) is 6.61 Å². The van der Waals surface area contributed by atoms with Gasteiger partial charge < -0.3 is 10.5 Å². The predicted octanol–water partition coefficient (Wildman–Crippen LogP) is 2.43. The summed E-state index contributed by atoms with van der Waals surface area (Å²) in [6.07, 6.45) is 2.69. The molecular formula is C13H23NO3. The molecule has 1 heterocycles. The first-order valence-corrected chi connectivity index (χ1v) is 5.90. The largest absolute Gasteiger partial charge is 0.377 e. The lowest BCUT2D eigenvalue weighted by Crippen LogP contribution is -2.34. The van der Waals surface area contributed by atoms with Crippen molar-refractivity contribution < 1.29 is 16.3 Å². The van der Waals surface area contributed by atoms with Gasteiger partial charge in [-0.3, -0.25) is 5.26 Å². The average molecular weight is 241 g/mol. The standard InChI is InChI=1S/C7H8O2.C6H13NO.H2/c8-9-6-7-4-2-1-3-5-7;1-5-2-3-6(7)4-8-5;/h1-5,8H,6H2;5-6H,2-4,7H2,1H3;1H/t;5-,6?;/m.1./s1. The van der Waals surface area contributed by atoms with Crippen LogP contribution in [0.25, 0.3) is 0 Å². The van der Waals surface area contributed by atoms with Gasteiger partial charge in [0.1, 0.15) is 6.61 Å². The maximum atomic E-state index is 8.02. The lowest BCUT2D eigenvalue weighted by Gasteiger charge is -2.23. The van der Waals surface area contributed by atoms with Crippen LogP contribution in [0, 0.1) is 0 Å². The first kappa shape index (κ1) is 14.1. The summed E-state index contributed by atoms with van der Waals surface area (Å²) in [6.45, 7) is 3.11. The zero-order valence-corrected chi connectivity index (χ0v) is 10.2. The monoisotopic (exact) mass is 241 g/mol. The second-order valence-corrected chi connectivity index (χ2v) is 4.24. The van der Waals surface area contributed by atoms with Crippen LogP contribution < -0.4 is 5.73 Å². The molecule has 98 valence electrons. The van der Waals surface area contributed by atoms with E-state index >= 15 is 0 Å². The van der Waals surface area contributed by atoms with Gasteiger partial charge in [-0.2, -0.15) is 0 Å². The van der Waals surface area contributed by atoms with E-state index in [9.17, 15) is 0 Å². The van der Waals surface area contributed by atoms with E-state index in [1.54, 1.807) is 0 Å². The Morgan fingerprint density at radius 2 is 2.12 bits per heavy atom. The number of hydrogen-bond donors (Lipinski definition) is 2. The molecule has 0 radical (unpaired) electrons. The van der Waals surface area contributed by atoms with Crippen molar-refractivity contribution >= 4 is 0 Å². The van der Waals surface area contributed by atoms with E-state index in [1.165, 1.54) is 0 Å². The summed E-state index contributed by atoms with van der Waals surface area (Å²) in [5, 5.41) is 8.02. The molecule has 1 unspecified atom stereocenters. The topological polar surface area (TPSA) is 64.7 Å². The summed E-state index contributed by atoms with van der Waals surface area (Å²) in [5.41, 5.74) is 6.54. The molecule has 1 aliphatic rings. The van der Waals surface area contributed by atoms with Crippen molar-refractivity contribution in [3.63, 3.8) is 0 Å². The van der Waals surface area contributed by atoms with Crippen molar-refractivity contribution in [2.24, 2.45) is 5.73 Å². The predicted molar refractivity (Wildman–Crippen MR) is 68.6 cm³/mol. The summed E-state index contributed by atoms with van der Waals surface area (Å²) in [7, 11) is 0. The van der Waals surface area contributed by atoms with Crippen LogP contribution in [-0.4, -0.2) is 24.0 Å². The maximum absolute atomic E-state index is 8.02. The number of benzene rings is 1. The minimum Gasteiger partial charge on any atom is -0.377 e. The van der Waals surface area contributed by atoms with Crippen LogP contribution in [0.2, 0.25) is 0 Å². The van der Waals surface area contributed by atoms with Crippen LogP contribution in [0.4, 0.5) is 0 Å². The zero-order chi connectivity index (χ0) is 12.5. The first-order valence-electron chi connectivity index (χ1n) is 5.90. The zero-order valence-electron chi connectivity index (χ0n) is 10.2. The van der Waals surface area contributed by atoms with Crippen molar-refractivity contribution in [1.29, 1.82) is 0 Å². The maximum Gasteiger partial charge on any atom is 0.107 e. The van der Waals surface area contributed by atoms with Crippen LogP contribution in [0.3, 0.4) is 0 Å². The molecule has 1 saturated heterocycles. The first-order chi connectivity index (χ1) is 8.22. The fraction of sp³-hybridized carbons (Fsp3) is 0.538. The number of ether oxygens (including phenoxy) is 1. The number of nitrogens with two attached hydrogens (primary N) is 1. The van der Waals surface area contributed by atoms with E-state index in [-0.39, 0.29) is 8.03 Å². The van der Waals surface area contributed by atoms with Crippen molar-refractivity contribution in [2.45, 2.75) is 38.5 Å². The van der Waals surface area contributed by atoms with Crippen molar-refractivity contribution in [3.8, 4) is 0 Å². The van der Waals surface area contributed by atoms with Gasteiger partial charge >= 0.3 is 0 Å². The highest BCUT2D eigenvalue weighted by molar-refractivity contribution is 5.13. The molecule has 0 bridgehead atoms. The van der Waals surface area contributed by atoms with E-state index in [0.29, 0.717) is 12.1 Å². The van der Waals surface area contributed by atoms with Crippen LogP contribution >= 0.6 is 0 Å². The molecule has 1 aliphatic heterocycles. The van der Waals surface area contributed by atoms with Gasteiger partial charge in [-0.1, -0.05) is 30.3 Å². The smallest absolute Gasteiger partial charge is 0.107 e. The second kappa shape index (κ2) is 8.20. The molecule has 17 heavy (non-hydrogen) atoms. The molecule has 3 N–H and O–H groups in total. The third kappa shape index (κ3) is 6.38. The van der Waals surface area contributed by atoms with Crippen LogP contribution in [0.5, 0.6) is 0 Å². The Kier molecular flexibility index (Phi) is 6.81. The number of hydrogen-bond acceptors (Lipinski definition) is 4. The second-order valence-electron chi connectivity index (χ2n) is 4.24. The van der Waals surface area contributed by atoms with E-state index in [0.717, 1.165) is 25.0 Å². The van der Waals surface area contributed by atoms with Gasteiger partial charge in [-0.05, 0) is 25.3 Å². The quantitative estimate of drug-likeness (QED) is 0.616. The average Bonchev–Trinajstić information content (AvgIpc) is 2.36. The Morgan fingerprint density at radius 3 is 2.59 bits per heavy atom. The Morgan fingerprint density at radius 1 is 1.41 bits per heavy atom. The Labute approximate surface area is 104 Å². The molecular weight excluding hydrogens is 218 g/mol. The molecule has 2 atom stereocenters. The molecule has 4 nitrogen and oxygen atoms in total. The molecule has 0 saturated carbocycles. The molecule has 0 spiro atoms. The van der Waals surface area contributed by atoms with Gasteiger partial charge in [-0.15, -0.1) is 0 Å². The summed E-state index contributed by atoms with van der Waals surface area (Å²) in [5.74, 6) is 0. The van der Waals surface area contributed by atoms with Crippen LogP contribution in [0.15, 0.2) is 30.3 Å². The molecule has 0 aliphatic carbocycles. The lowest BCUT2D eigenvalue weighted by atomic mass is 10.1. The van der Waals surface area contributed by atoms with E-state index < -0.39 is 0 Å². The van der Waals surface area contributed by atoms with Gasteiger partial charge in [-0.25, -0.2) is 4.89 Å². The third-order valence-corrected chi connectivity index (χ3v) is 2.61. The molecule has 0 amide bonds. The highest BCUT2D eigenvalue weighted by atomic mass is 17.1. The van der Waals surface area contributed by atoms with E-state index in [1.807, 2.05) is 30.3 Å². The van der Waals surface area contributed by atoms with Gasteiger partial charge in [0.15, 0.2) is 0 Å². The van der Waals surface area contributed by atoms with Gasteiger partial charge in [0.25, 0.3) is 0 Å². The normalized spacial score (nSPS) is 23.7. The minimum absolute atomic E-state index is 0. The summed E-state index contributed by atoms with van der Waals surface area (Å²) >= 11 is 0. The van der Waals surface area contributed by atoms with Crippen molar-refractivity contribution in [1.82, 2.24) is 0 Å². The van der Waals surface area contributed by atoms with Gasteiger partial charge in [0.05, 0.1) is 12.7 Å². The van der Waals surface area contributed by atoms with E-state index in [2.05, 4.69) is 11.8 Å². The molecule has 4 heteroatoms. The van der Waals surface area contributed by atoms with Crippen LogP contribution in [-0.2, 0) is 16.2 Å². The van der Waals surface area contributed by atoms with Gasteiger partial charge in [0.2, 0.25) is 0 Å². The Bertz CT molecular complexity index is 280.